The van der Waals surface area contributed by atoms with E-state index in [1.165, 1.54) is 6.42 Å². The second-order valence-electron chi connectivity index (χ2n) is 6.89. The number of hydrogen-bond donors (Lipinski definition) is 0. The summed E-state index contributed by atoms with van der Waals surface area (Å²) >= 11 is 0. The molecule has 0 N–H and O–H groups in total. The molecule has 1 aromatic heterocycles. The van der Waals surface area contributed by atoms with E-state index in [2.05, 4.69) is 10.1 Å². The maximum absolute atomic E-state index is 12.5. The highest BCUT2D eigenvalue weighted by Crippen LogP contribution is 2.33. The molecule has 2 heterocycles. The molecule has 146 valence electrons. The summed E-state index contributed by atoms with van der Waals surface area (Å²) in [5.41, 5.74) is 2.82. The molecule has 0 bridgehead atoms. The van der Waals surface area contributed by atoms with E-state index in [9.17, 15) is 4.79 Å². The summed E-state index contributed by atoms with van der Waals surface area (Å²) in [5.74, 6) is 0.914. The van der Waals surface area contributed by atoms with Gasteiger partial charge in [-0.25, -0.2) is 0 Å². The number of rotatable bonds is 8. The number of hydrogen-bond acceptors (Lipinski definition) is 5. The Balaban J connectivity index is 1.95. The Morgan fingerprint density at radius 1 is 1.22 bits per heavy atom. The average Bonchev–Trinajstić information content (AvgIpc) is 3.15. The molecule has 0 radical (unpaired) electrons. The van der Waals surface area contributed by atoms with Crippen LogP contribution in [-0.2, 0) is 16.1 Å². The molecule has 0 aliphatic carbocycles. The summed E-state index contributed by atoms with van der Waals surface area (Å²) in [5, 5.41) is 4.39. The van der Waals surface area contributed by atoms with Crippen molar-refractivity contribution in [2.75, 3.05) is 38.3 Å². The summed E-state index contributed by atoms with van der Waals surface area (Å²) in [6.45, 7) is 5.38. The van der Waals surface area contributed by atoms with Crippen LogP contribution in [0.2, 0.25) is 0 Å². The lowest BCUT2D eigenvalue weighted by atomic mass is 10.1. The fourth-order valence-corrected chi connectivity index (χ4v) is 3.52. The lowest BCUT2D eigenvalue weighted by Gasteiger charge is -2.28. The molecule has 6 nitrogen and oxygen atoms in total. The second kappa shape index (κ2) is 9.55. The molecular formula is C21H29N3O3. The molecule has 1 amide bonds. The van der Waals surface area contributed by atoms with E-state index in [-0.39, 0.29) is 5.91 Å². The minimum Gasteiger partial charge on any atom is -0.383 e. The van der Waals surface area contributed by atoms with Crippen LogP contribution in [0.1, 0.15) is 38.2 Å². The van der Waals surface area contributed by atoms with Crippen molar-refractivity contribution in [3.05, 3.63) is 35.9 Å². The molecule has 1 aromatic carbocycles. The molecule has 1 saturated heterocycles. The fraction of sp³-hybridized carbons (Fsp3) is 0.524. The predicted octanol–water partition coefficient (Wildman–Crippen LogP) is 3.72. The minimum absolute atomic E-state index is 0.108. The standard InChI is InChI=1S/C21H29N3O3/c1-3-19(25)24(14-15-26-2)16-18-20(17-10-6-4-7-11-17)22-27-21(18)23-12-8-5-9-13-23/h4,6-7,10-11H,3,5,8-9,12-16H2,1-2H3. The first-order valence-electron chi connectivity index (χ1n) is 9.80. The van der Waals surface area contributed by atoms with Gasteiger partial charge in [0.15, 0.2) is 0 Å². The summed E-state index contributed by atoms with van der Waals surface area (Å²) in [4.78, 5) is 16.6. The highest BCUT2D eigenvalue weighted by molar-refractivity contribution is 5.77. The number of benzene rings is 1. The van der Waals surface area contributed by atoms with Gasteiger partial charge in [-0.05, 0) is 19.3 Å². The zero-order valence-corrected chi connectivity index (χ0v) is 16.3. The SMILES string of the molecule is CCC(=O)N(CCOC)Cc1c(-c2ccccc2)noc1N1CCCCC1. The first-order valence-corrected chi connectivity index (χ1v) is 9.80. The van der Waals surface area contributed by atoms with Gasteiger partial charge in [-0.2, -0.15) is 0 Å². The molecule has 1 aliphatic heterocycles. The molecule has 0 atom stereocenters. The Hall–Kier alpha value is -2.34. The number of aromatic nitrogens is 1. The van der Waals surface area contributed by atoms with E-state index in [4.69, 9.17) is 9.26 Å². The number of amides is 1. The van der Waals surface area contributed by atoms with Crippen molar-refractivity contribution in [1.29, 1.82) is 0 Å². The Labute approximate surface area is 161 Å². The molecule has 1 fully saturated rings. The summed E-state index contributed by atoms with van der Waals surface area (Å²) in [6.07, 6.45) is 4.03. The Kier molecular flexibility index (Phi) is 6.87. The van der Waals surface area contributed by atoms with Gasteiger partial charge < -0.3 is 19.1 Å². The Morgan fingerprint density at radius 2 is 1.96 bits per heavy atom. The van der Waals surface area contributed by atoms with Gasteiger partial charge in [0.1, 0.15) is 5.69 Å². The highest BCUT2D eigenvalue weighted by atomic mass is 16.5. The first-order chi connectivity index (χ1) is 13.2. The second-order valence-corrected chi connectivity index (χ2v) is 6.89. The largest absolute Gasteiger partial charge is 0.383 e. The third kappa shape index (κ3) is 4.69. The highest BCUT2D eigenvalue weighted by Gasteiger charge is 2.26. The number of methoxy groups -OCH3 is 1. The topological polar surface area (TPSA) is 58.8 Å². The van der Waals surface area contributed by atoms with Crippen LogP contribution in [0.4, 0.5) is 5.88 Å². The van der Waals surface area contributed by atoms with Crippen LogP contribution < -0.4 is 4.90 Å². The van der Waals surface area contributed by atoms with Gasteiger partial charge in [0, 0.05) is 38.7 Å². The van der Waals surface area contributed by atoms with E-state index in [0.717, 1.165) is 48.6 Å². The number of carbonyl (C=O) groups is 1. The third-order valence-electron chi connectivity index (χ3n) is 5.03. The van der Waals surface area contributed by atoms with Crippen molar-refractivity contribution < 1.29 is 14.1 Å². The molecular weight excluding hydrogens is 342 g/mol. The molecule has 27 heavy (non-hydrogen) atoms. The van der Waals surface area contributed by atoms with Gasteiger partial charge >= 0.3 is 0 Å². The number of anilines is 1. The normalized spacial score (nSPS) is 14.4. The maximum Gasteiger partial charge on any atom is 0.232 e. The van der Waals surface area contributed by atoms with E-state index in [0.29, 0.717) is 26.1 Å². The summed E-state index contributed by atoms with van der Waals surface area (Å²) in [7, 11) is 1.66. The van der Waals surface area contributed by atoms with Crippen LogP contribution in [0.3, 0.4) is 0 Å². The van der Waals surface area contributed by atoms with Gasteiger partial charge in [-0.1, -0.05) is 42.4 Å². The van der Waals surface area contributed by atoms with E-state index >= 15 is 0 Å². The van der Waals surface area contributed by atoms with Crippen LogP contribution in [0.25, 0.3) is 11.3 Å². The molecule has 0 saturated carbocycles. The molecule has 6 heteroatoms. The summed E-state index contributed by atoms with van der Waals surface area (Å²) in [6, 6.07) is 10.0. The van der Waals surface area contributed by atoms with Gasteiger partial charge in [0.05, 0.1) is 18.7 Å². The predicted molar refractivity (Wildman–Crippen MR) is 106 cm³/mol. The maximum atomic E-state index is 12.5. The van der Waals surface area contributed by atoms with Crippen LogP contribution in [0.15, 0.2) is 34.9 Å². The zero-order chi connectivity index (χ0) is 19.1. The molecule has 1 aliphatic rings. The van der Waals surface area contributed by atoms with Crippen molar-refractivity contribution in [2.45, 2.75) is 39.2 Å². The quantitative estimate of drug-likeness (QED) is 0.708. The monoisotopic (exact) mass is 371 g/mol. The Morgan fingerprint density at radius 3 is 2.63 bits per heavy atom. The lowest BCUT2D eigenvalue weighted by Crippen LogP contribution is -2.34. The van der Waals surface area contributed by atoms with Crippen molar-refractivity contribution in [3.8, 4) is 11.3 Å². The minimum atomic E-state index is 0.108. The van der Waals surface area contributed by atoms with Gasteiger partial charge in [-0.15, -0.1) is 0 Å². The number of piperidine rings is 1. The van der Waals surface area contributed by atoms with E-state index in [1.54, 1.807) is 7.11 Å². The third-order valence-corrected chi connectivity index (χ3v) is 5.03. The molecule has 2 aromatic rings. The van der Waals surface area contributed by atoms with Crippen molar-refractivity contribution in [3.63, 3.8) is 0 Å². The zero-order valence-electron chi connectivity index (χ0n) is 16.3. The van der Waals surface area contributed by atoms with E-state index < -0.39 is 0 Å². The van der Waals surface area contributed by atoms with Gasteiger partial charge in [0.2, 0.25) is 11.8 Å². The van der Waals surface area contributed by atoms with Crippen molar-refractivity contribution in [1.82, 2.24) is 10.1 Å². The van der Waals surface area contributed by atoms with Crippen LogP contribution in [0, 0.1) is 0 Å². The first kappa shape index (κ1) is 19.4. The van der Waals surface area contributed by atoms with E-state index in [1.807, 2.05) is 42.2 Å². The van der Waals surface area contributed by atoms with Crippen LogP contribution in [0.5, 0.6) is 0 Å². The number of ether oxygens (including phenoxy) is 1. The average molecular weight is 371 g/mol. The summed E-state index contributed by atoms with van der Waals surface area (Å²) < 4.78 is 11.0. The Bertz CT molecular complexity index is 724. The molecule has 0 unspecified atom stereocenters. The van der Waals surface area contributed by atoms with Crippen molar-refractivity contribution in [2.24, 2.45) is 0 Å². The van der Waals surface area contributed by atoms with Crippen molar-refractivity contribution >= 4 is 11.8 Å². The smallest absolute Gasteiger partial charge is 0.232 e. The van der Waals surface area contributed by atoms with Crippen LogP contribution in [-0.4, -0.2) is 49.3 Å². The lowest BCUT2D eigenvalue weighted by molar-refractivity contribution is -0.132. The molecule has 0 spiro atoms. The number of nitrogens with zero attached hydrogens (tertiary/aromatic N) is 3. The van der Waals surface area contributed by atoms with Gasteiger partial charge in [-0.3, -0.25) is 4.79 Å². The number of carbonyl (C=O) groups excluding carboxylic acids is 1. The molecule has 3 rings (SSSR count). The van der Waals surface area contributed by atoms with Crippen LogP contribution >= 0.6 is 0 Å². The fourth-order valence-electron chi connectivity index (χ4n) is 3.52. The van der Waals surface area contributed by atoms with Gasteiger partial charge in [0.25, 0.3) is 0 Å².